The molecule has 0 bridgehead atoms. The average Bonchev–Trinajstić information content (AvgIpc) is 2.31. The SMILES string of the molecule is CC1(C)C(Cl)CC1NS(=O)(=O)c1cc(Cl)ccc1Cl. The van der Waals surface area contributed by atoms with Crippen LogP contribution >= 0.6 is 34.8 Å². The van der Waals surface area contributed by atoms with Crippen molar-refractivity contribution in [2.24, 2.45) is 5.41 Å². The van der Waals surface area contributed by atoms with Crippen LogP contribution < -0.4 is 4.72 Å². The van der Waals surface area contributed by atoms with E-state index in [0.717, 1.165) is 0 Å². The predicted octanol–water partition coefficient (Wildman–Crippen LogP) is 3.68. The first kappa shape index (κ1) is 15.4. The van der Waals surface area contributed by atoms with Crippen molar-refractivity contribution in [2.75, 3.05) is 0 Å². The molecule has 7 heteroatoms. The molecular weight excluding hydrogens is 329 g/mol. The van der Waals surface area contributed by atoms with Crippen LogP contribution in [-0.4, -0.2) is 19.8 Å². The third-order valence-corrected chi connectivity index (χ3v) is 6.56. The Morgan fingerprint density at radius 2 is 1.95 bits per heavy atom. The summed E-state index contributed by atoms with van der Waals surface area (Å²) in [6.45, 7) is 3.86. The first-order chi connectivity index (χ1) is 8.64. The minimum absolute atomic E-state index is 0.00418. The van der Waals surface area contributed by atoms with E-state index in [9.17, 15) is 8.42 Å². The Hall–Kier alpha value is -0.000000000000000111. The molecule has 0 heterocycles. The molecule has 2 atom stereocenters. The van der Waals surface area contributed by atoms with Gasteiger partial charge in [0.05, 0.1) is 5.02 Å². The zero-order chi connectivity index (χ0) is 14.4. The molecule has 0 spiro atoms. The van der Waals surface area contributed by atoms with Gasteiger partial charge >= 0.3 is 0 Å². The Bertz CT molecular complexity index is 601. The molecule has 0 saturated heterocycles. The summed E-state index contributed by atoms with van der Waals surface area (Å²) in [5.74, 6) is 0. The summed E-state index contributed by atoms with van der Waals surface area (Å²) >= 11 is 17.8. The standard InChI is InChI=1S/C12H14Cl3NO2S/c1-12(2)10(15)6-11(12)16-19(17,18)9-5-7(13)3-4-8(9)14/h3-5,10-11,16H,6H2,1-2H3. The Morgan fingerprint density at radius 1 is 1.32 bits per heavy atom. The fraction of sp³-hybridized carbons (Fsp3) is 0.500. The van der Waals surface area contributed by atoms with Crippen LogP contribution in [0.2, 0.25) is 10.0 Å². The third kappa shape index (κ3) is 2.88. The Balaban J connectivity index is 2.27. The highest BCUT2D eigenvalue weighted by atomic mass is 35.5. The second-order valence-electron chi connectivity index (χ2n) is 5.27. The smallest absolute Gasteiger partial charge is 0.207 e. The van der Waals surface area contributed by atoms with Crippen LogP contribution in [0.25, 0.3) is 0 Å². The van der Waals surface area contributed by atoms with E-state index in [-0.39, 0.29) is 26.8 Å². The maximum Gasteiger partial charge on any atom is 0.242 e. The van der Waals surface area contributed by atoms with Crippen LogP contribution in [0.15, 0.2) is 23.1 Å². The number of hydrogen-bond donors (Lipinski definition) is 1. The predicted molar refractivity (Wildman–Crippen MR) is 78.6 cm³/mol. The lowest BCUT2D eigenvalue weighted by Gasteiger charge is -2.48. The van der Waals surface area contributed by atoms with E-state index in [0.29, 0.717) is 11.4 Å². The summed E-state index contributed by atoms with van der Waals surface area (Å²) in [5, 5.41) is 0.444. The van der Waals surface area contributed by atoms with E-state index < -0.39 is 10.0 Å². The number of hydrogen-bond acceptors (Lipinski definition) is 2. The molecule has 1 aromatic rings. The normalized spacial score (nSPS) is 25.9. The number of rotatable bonds is 3. The fourth-order valence-electron chi connectivity index (χ4n) is 2.01. The highest BCUT2D eigenvalue weighted by Gasteiger charge is 2.48. The first-order valence-electron chi connectivity index (χ1n) is 5.76. The van der Waals surface area contributed by atoms with Gasteiger partial charge in [0.15, 0.2) is 0 Å². The van der Waals surface area contributed by atoms with Crippen molar-refractivity contribution in [3.8, 4) is 0 Å². The zero-order valence-electron chi connectivity index (χ0n) is 10.5. The van der Waals surface area contributed by atoms with Gasteiger partial charge in [-0.1, -0.05) is 37.0 Å². The van der Waals surface area contributed by atoms with Crippen LogP contribution in [0.3, 0.4) is 0 Å². The lowest BCUT2D eigenvalue weighted by molar-refractivity contribution is 0.137. The molecule has 1 aliphatic carbocycles. The number of sulfonamides is 1. The maximum atomic E-state index is 12.3. The van der Waals surface area contributed by atoms with E-state index in [2.05, 4.69) is 4.72 Å². The van der Waals surface area contributed by atoms with E-state index in [4.69, 9.17) is 34.8 Å². The van der Waals surface area contributed by atoms with Crippen LogP contribution in [0, 0.1) is 5.41 Å². The van der Waals surface area contributed by atoms with E-state index >= 15 is 0 Å². The molecule has 0 aliphatic heterocycles. The lowest BCUT2D eigenvalue weighted by atomic mass is 9.67. The molecule has 1 fully saturated rings. The summed E-state index contributed by atoms with van der Waals surface area (Å²) in [6, 6.07) is 4.16. The lowest BCUT2D eigenvalue weighted by Crippen LogP contribution is -2.59. The Morgan fingerprint density at radius 3 is 2.47 bits per heavy atom. The molecule has 106 valence electrons. The summed E-state index contributed by atoms with van der Waals surface area (Å²) < 4.78 is 27.3. The molecule has 0 aromatic heterocycles. The monoisotopic (exact) mass is 341 g/mol. The van der Waals surface area contributed by atoms with Gasteiger partial charge in [0.2, 0.25) is 10.0 Å². The van der Waals surface area contributed by atoms with Crippen LogP contribution in [0.1, 0.15) is 20.3 Å². The molecule has 1 saturated carbocycles. The van der Waals surface area contributed by atoms with Crippen molar-refractivity contribution in [1.29, 1.82) is 0 Å². The molecule has 19 heavy (non-hydrogen) atoms. The largest absolute Gasteiger partial charge is 0.242 e. The van der Waals surface area contributed by atoms with Gasteiger partial charge < -0.3 is 0 Å². The van der Waals surface area contributed by atoms with Gasteiger partial charge in [0.1, 0.15) is 4.90 Å². The summed E-state index contributed by atoms with van der Waals surface area (Å²) in [7, 11) is -3.69. The third-order valence-electron chi connectivity index (χ3n) is 3.63. The Kier molecular flexibility index (Phi) is 4.11. The van der Waals surface area contributed by atoms with Gasteiger partial charge in [-0.05, 0) is 30.0 Å². The Labute approximate surface area is 128 Å². The molecule has 2 rings (SSSR count). The summed E-state index contributed by atoms with van der Waals surface area (Å²) in [6.07, 6.45) is 0.603. The van der Waals surface area contributed by atoms with Gasteiger partial charge in [-0.25, -0.2) is 13.1 Å². The first-order valence-corrected chi connectivity index (χ1v) is 8.43. The quantitative estimate of drug-likeness (QED) is 0.852. The molecule has 1 aromatic carbocycles. The van der Waals surface area contributed by atoms with Crippen molar-refractivity contribution in [2.45, 2.75) is 36.6 Å². The minimum atomic E-state index is -3.69. The van der Waals surface area contributed by atoms with Crippen molar-refractivity contribution >= 4 is 44.8 Å². The molecule has 0 amide bonds. The van der Waals surface area contributed by atoms with E-state index in [1.807, 2.05) is 13.8 Å². The number of nitrogens with one attached hydrogen (secondary N) is 1. The highest BCUT2D eigenvalue weighted by molar-refractivity contribution is 7.89. The molecule has 0 radical (unpaired) electrons. The van der Waals surface area contributed by atoms with Gasteiger partial charge in [0.25, 0.3) is 0 Å². The van der Waals surface area contributed by atoms with Gasteiger partial charge in [-0.15, -0.1) is 11.6 Å². The van der Waals surface area contributed by atoms with E-state index in [1.54, 1.807) is 6.07 Å². The van der Waals surface area contributed by atoms with Crippen LogP contribution in [0.4, 0.5) is 0 Å². The summed E-state index contributed by atoms with van der Waals surface area (Å²) in [5.41, 5.74) is -0.278. The minimum Gasteiger partial charge on any atom is -0.207 e. The maximum absolute atomic E-state index is 12.3. The summed E-state index contributed by atoms with van der Waals surface area (Å²) in [4.78, 5) is -0.00418. The second kappa shape index (κ2) is 5.08. The second-order valence-corrected chi connectivity index (χ2v) is 8.33. The van der Waals surface area contributed by atoms with Crippen molar-refractivity contribution in [1.82, 2.24) is 4.72 Å². The molecule has 1 N–H and O–H groups in total. The van der Waals surface area contributed by atoms with Crippen LogP contribution in [0.5, 0.6) is 0 Å². The van der Waals surface area contributed by atoms with Crippen molar-refractivity contribution in [3.63, 3.8) is 0 Å². The van der Waals surface area contributed by atoms with Gasteiger partial charge in [-0.2, -0.15) is 0 Å². The average molecular weight is 343 g/mol. The number of benzene rings is 1. The zero-order valence-corrected chi connectivity index (χ0v) is 13.5. The fourth-order valence-corrected chi connectivity index (χ4v) is 4.50. The van der Waals surface area contributed by atoms with Crippen molar-refractivity contribution < 1.29 is 8.42 Å². The molecule has 3 nitrogen and oxygen atoms in total. The molecule has 1 aliphatic rings. The number of halogens is 3. The molecule has 2 unspecified atom stereocenters. The van der Waals surface area contributed by atoms with Crippen molar-refractivity contribution in [3.05, 3.63) is 28.2 Å². The number of alkyl halides is 1. The molecular formula is C12H14Cl3NO2S. The highest BCUT2D eigenvalue weighted by Crippen LogP contribution is 2.45. The van der Waals surface area contributed by atoms with Gasteiger partial charge in [-0.3, -0.25) is 0 Å². The van der Waals surface area contributed by atoms with Gasteiger partial charge in [0, 0.05) is 16.4 Å². The van der Waals surface area contributed by atoms with Crippen LogP contribution in [-0.2, 0) is 10.0 Å². The topological polar surface area (TPSA) is 46.2 Å². The van der Waals surface area contributed by atoms with E-state index in [1.165, 1.54) is 12.1 Å².